The Bertz CT molecular complexity index is 956. The third kappa shape index (κ3) is 6.27. The molecular formula is C23H31NO7S. The molecule has 0 saturated carbocycles. The van der Waals surface area contributed by atoms with Gasteiger partial charge in [-0.15, -0.1) is 0 Å². The van der Waals surface area contributed by atoms with E-state index >= 15 is 0 Å². The van der Waals surface area contributed by atoms with Crippen molar-refractivity contribution in [2.75, 3.05) is 46.0 Å². The van der Waals surface area contributed by atoms with Gasteiger partial charge in [0, 0.05) is 19.1 Å². The Morgan fingerprint density at radius 2 is 1.72 bits per heavy atom. The number of para-hydroxylation sites is 1. The minimum Gasteiger partial charge on any atom is -0.493 e. The lowest BCUT2D eigenvalue weighted by Crippen LogP contribution is -2.42. The Kier molecular flexibility index (Phi) is 8.22. The average Bonchev–Trinajstić information content (AvgIpc) is 3.16. The number of aliphatic hydroxyl groups is 1. The number of benzene rings is 2. The van der Waals surface area contributed by atoms with Crippen LogP contribution in [-0.4, -0.2) is 76.6 Å². The molecule has 0 spiro atoms. The van der Waals surface area contributed by atoms with Gasteiger partial charge in [-0.3, -0.25) is 4.90 Å². The van der Waals surface area contributed by atoms with Crippen LogP contribution in [0.1, 0.15) is 12.0 Å². The summed E-state index contributed by atoms with van der Waals surface area (Å²) in [6.45, 7) is 0.790. The second-order valence-electron chi connectivity index (χ2n) is 7.80. The van der Waals surface area contributed by atoms with Crippen molar-refractivity contribution in [2.24, 2.45) is 0 Å². The molecule has 1 saturated heterocycles. The van der Waals surface area contributed by atoms with Gasteiger partial charge in [0.05, 0.1) is 32.8 Å². The van der Waals surface area contributed by atoms with Gasteiger partial charge in [-0.2, -0.15) is 0 Å². The maximum atomic E-state index is 12.1. The largest absolute Gasteiger partial charge is 0.493 e. The third-order valence-corrected chi connectivity index (χ3v) is 7.22. The number of sulfone groups is 1. The predicted octanol–water partition coefficient (Wildman–Crippen LogP) is 2.14. The molecule has 1 fully saturated rings. The van der Waals surface area contributed by atoms with Crippen molar-refractivity contribution in [3.05, 3.63) is 48.0 Å². The summed E-state index contributed by atoms with van der Waals surface area (Å²) in [5, 5.41) is 10.6. The zero-order valence-electron chi connectivity index (χ0n) is 18.7. The summed E-state index contributed by atoms with van der Waals surface area (Å²) in [7, 11) is 1.55. The van der Waals surface area contributed by atoms with Crippen LogP contribution in [0.3, 0.4) is 0 Å². The van der Waals surface area contributed by atoms with Gasteiger partial charge in [0.2, 0.25) is 5.75 Å². The minimum absolute atomic E-state index is 0.0731. The van der Waals surface area contributed by atoms with Crippen LogP contribution in [0.2, 0.25) is 0 Å². The molecule has 0 aromatic heterocycles. The first-order valence-corrected chi connectivity index (χ1v) is 12.3. The van der Waals surface area contributed by atoms with E-state index in [1.807, 2.05) is 47.4 Å². The molecule has 0 bridgehead atoms. The lowest BCUT2D eigenvalue weighted by molar-refractivity contribution is 0.0524. The number of ether oxygens (including phenoxy) is 4. The first-order chi connectivity index (χ1) is 15.3. The smallest absolute Gasteiger partial charge is 0.203 e. The number of nitrogens with zero attached hydrogens (tertiary/aromatic N) is 1. The van der Waals surface area contributed by atoms with Crippen LogP contribution in [0, 0.1) is 0 Å². The molecule has 1 aliphatic rings. The van der Waals surface area contributed by atoms with E-state index in [4.69, 9.17) is 18.9 Å². The molecule has 0 aliphatic carbocycles. The molecule has 2 aromatic rings. The molecule has 1 N–H and O–H groups in total. The van der Waals surface area contributed by atoms with Crippen LogP contribution >= 0.6 is 0 Å². The fraction of sp³-hybridized carbons (Fsp3) is 0.478. The van der Waals surface area contributed by atoms with Crippen molar-refractivity contribution in [1.29, 1.82) is 0 Å². The quantitative estimate of drug-likeness (QED) is 0.540. The van der Waals surface area contributed by atoms with Crippen LogP contribution in [-0.2, 0) is 16.4 Å². The second-order valence-corrected chi connectivity index (χ2v) is 10.0. The van der Waals surface area contributed by atoms with Gasteiger partial charge in [-0.1, -0.05) is 18.2 Å². The maximum absolute atomic E-state index is 12.1. The summed E-state index contributed by atoms with van der Waals surface area (Å²) in [4.78, 5) is 1.99. The number of methoxy groups -OCH3 is 3. The maximum Gasteiger partial charge on any atom is 0.203 e. The van der Waals surface area contributed by atoms with Crippen molar-refractivity contribution < 1.29 is 32.5 Å². The summed E-state index contributed by atoms with van der Waals surface area (Å²) in [5.41, 5.74) is 0.861. The number of hydrogen-bond donors (Lipinski definition) is 1. The van der Waals surface area contributed by atoms with Gasteiger partial charge in [0.1, 0.15) is 18.5 Å². The Labute approximate surface area is 189 Å². The van der Waals surface area contributed by atoms with Gasteiger partial charge in [0.25, 0.3) is 0 Å². The van der Waals surface area contributed by atoms with E-state index in [0.29, 0.717) is 36.0 Å². The summed E-state index contributed by atoms with van der Waals surface area (Å²) in [6.07, 6.45) is -0.264. The second kappa shape index (κ2) is 10.9. The Morgan fingerprint density at radius 3 is 2.25 bits per heavy atom. The molecule has 1 aliphatic heterocycles. The van der Waals surface area contributed by atoms with Crippen molar-refractivity contribution >= 4 is 9.84 Å². The van der Waals surface area contributed by atoms with E-state index in [0.717, 1.165) is 5.56 Å². The van der Waals surface area contributed by atoms with Gasteiger partial charge in [0.15, 0.2) is 21.3 Å². The minimum atomic E-state index is -3.08. The van der Waals surface area contributed by atoms with Crippen LogP contribution in [0.5, 0.6) is 23.0 Å². The van der Waals surface area contributed by atoms with Gasteiger partial charge >= 0.3 is 0 Å². The van der Waals surface area contributed by atoms with Gasteiger partial charge < -0.3 is 24.1 Å². The molecule has 8 nitrogen and oxygen atoms in total. The monoisotopic (exact) mass is 465 g/mol. The molecule has 2 atom stereocenters. The van der Waals surface area contributed by atoms with E-state index in [-0.39, 0.29) is 30.7 Å². The van der Waals surface area contributed by atoms with E-state index < -0.39 is 15.9 Å². The molecule has 176 valence electrons. The highest BCUT2D eigenvalue weighted by molar-refractivity contribution is 7.91. The predicted molar refractivity (Wildman–Crippen MR) is 122 cm³/mol. The average molecular weight is 466 g/mol. The molecule has 0 amide bonds. The highest BCUT2D eigenvalue weighted by Crippen LogP contribution is 2.38. The highest BCUT2D eigenvalue weighted by Gasteiger charge is 2.33. The van der Waals surface area contributed by atoms with Gasteiger partial charge in [-0.25, -0.2) is 8.42 Å². The molecule has 1 heterocycles. The number of aliphatic hydroxyl groups excluding tert-OH is 1. The van der Waals surface area contributed by atoms with Crippen molar-refractivity contribution in [2.45, 2.75) is 25.1 Å². The number of rotatable bonds is 11. The lowest BCUT2D eigenvalue weighted by atomic mass is 10.1. The Hall–Kier alpha value is -2.49. The Morgan fingerprint density at radius 1 is 1.06 bits per heavy atom. The molecular weight excluding hydrogens is 434 g/mol. The molecule has 2 unspecified atom stereocenters. The summed E-state index contributed by atoms with van der Waals surface area (Å²) in [5.74, 6) is 2.43. The standard InChI is InChI=1S/C23H31NO7S/c1-28-21-11-17(12-22(29-2)23(21)30-3)13-24(18-9-10-32(26,27)16-18)14-19(25)15-31-20-7-5-4-6-8-20/h4-8,11-12,18-19,25H,9-10,13-16H2,1-3H3. The summed E-state index contributed by atoms with van der Waals surface area (Å²) < 4.78 is 46.2. The van der Waals surface area contributed by atoms with Crippen molar-refractivity contribution in [1.82, 2.24) is 4.90 Å². The van der Waals surface area contributed by atoms with Crippen LogP contribution in [0.15, 0.2) is 42.5 Å². The molecule has 3 rings (SSSR count). The van der Waals surface area contributed by atoms with E-state index in [2.05, 4.69) is 0 Å². The van der Waals surface area contributed by atoms with E-state index in [1.165, 1.54) is 0 Å². The first-order valence-electron chi connectivity index (χ1n) is 10.4. The first kappa shape index (κ1) is 24.2. The van der Waals surface area contributed by atoms with Crippen molar-refractivity contribution in [3.8, 4) is 23.0 Å². The molecule has 0 radical (unpaired) electrons. The third-order valence-electron chi connectivity index (χ3n) is 5.47. The SMILES string of the molecule is COc1cc(CN(CC(O)COc2ccccc2)C2CCS(=O)(=O)C2)cc(OC)c1OC. The lowest BCUT2D eigenvalue weighted by Gasteiger charge is -2.30. The van der Waals surface area contributed by atoms with Crippen LogP contribution in [0.4, 0.5) is 0 Å². The van der Waals surface area contributed by atoms with Crippen LogP contribution in [0.25, 0.3) is 0 Å². The normalized spacial score (nSPS) is 18.3. The fourth-order valence-electron chi connectivity index (χ4n) is 3.90. The summed E-state index contributed by atoms with van der Waals surface area (Å²) in [6, 6.07) is 12.8. The Balaban J connectivity index is 1.77. The molecule has 32 heavy (non-hydrogen) atoms. The zero-order valence-corrected chi connectivity index (χ0v) is 19.5. The topological polar surface area (TPSA) is 94.5 Å². The van der Waals surface area contributed by atoms with E-state index in [1.54, 1.807) is 21.3 Å². The molecule has 2 aromatic carbocycles. The van der Waals surface area contributed by atoms with E-state index in [9.17, 15) is 13.5 Å². The number of hydrogen-bond acceptors (Lipinski definition) is 8. The van der Waals surface area contributed by atoms with Gasteiger partial charge in [-0.05, 0) is 36.2 Å². The molecule has 9 heteroatoms. The highest BCUT2D eigenvalue weighted by atomic mass is 32.2. The van der Waals surface area contributed by atoms with Crippen LogP contribution < -0.4 is 18.9 Å². The van der Waals surface area contributed by atoms with Crippen molar-refractivity contribution in [3.63, 3.8) is 0 Å². The summed E-state index contributed by atoms with van der Waals surface area (Å²) >= 11 is 0. The zero-order chi connectivity index (χ0) is 23.1. The fourth-order valence-corrected chi connectivity index (χ4v) is 5.66.